The fraction of sp³-hybridized carbons (Fsp3) is 0.930. The fourth-order valence-corrected chi connectivity index (χ4v) is 57.7. The van der Waals surface area contributed by atoms with E-state index in [1.54, 1.807) is 134 Å². The Morgan fingerprint density at radius 3 is 0.852 bits per heavy atom. The minimum Gasteiger partial charge on any atom is -0.508 e. The van der Waals surface area contributed by atoms with E-state index in [-0.39, 0.29) is 0 Å². The van der Waals surface area contributed by atoms with Crippen LogP contribution in [0.2, 0.25) is 1.41 Å². The van der Waals surface area contributed by atoms with Gasteiger partial charge in [0.25, 0.3) is 0 Å². The number of phenols is 1. The predicted octanol–water partition coefficient (Wildman–Crippen LogP) is 23.9. The van der Waals surface area contributed by atoms with Crippen LogP contribution in [0.15, 0.2) is 24.3 Å². The standard InChI is InChI=1S/C99H132.C7H8O.C4H10S.C3H7NO2.C2H4O.H3N/c1-32-15-33(2)59-55-30-51-28-43-19-39-14-12-35-10-9-34-11-13-38-18-42-21-45-23-47-25-49-26-48-24-46-22-44-20-40-16-36-5-3-7-52-53-8-4-6-37-17-41-27-50-29-54-58(32)56-31-57(59)81-98-79(55)96-77(51)89-69(43)85-65(39)63(35)62(34)64(38)84(85)68(42)88(89)71(45)91(96)73(47)93(98)75(49)94-74(48)92-72(46)90-70(44)86-66(40)82(60(36)52)83(61(37)53)67(41)87(86)76(50)95(90)78(54)97(92)80(56)99(81)94;1-6-4-2-3-5-7(6)8;1-3-4-5-2;1-2(4)3(5)6;1-2-3;/h32-99H,3-31H2,1-2H3;2-5,8H,1H3;3-4H2,1-2H3;2H,4H2,1H3,(H,5,6);2H,1H3;1H3/i/hT. The van der Waals surface area contributed by atoms with Crippen LogP contribution in [0.5, 0.6) is 5.75 Å². The molecule has 0 saturated heterocycles. The molecule has 664 valence electrons. The van der Waals surface area contributed by atoms with Gasteiger partial charge in [-0.3, -0.25) is 4.79 Å². The number of carbonyl (C=O) groups is 2. The molecule has 34 saturated carbocycles. The van der Waals surface area contributed by atoms with Crippen LogP contribution in [0, 0.1) is 409 Å². The third kappa shape index (κ3) is 8.98. The van der Waals surface area contributed by atoms with E-state index < -0.39 is 12.0 Å². The van der Waals surface area contributed by atoms with Crippen LogP contribution in [0.4, 0.5) is 0 Å². The Morgan fingerprint density at radius 2 is 0.590 bits per heavy atom. The average molecular weight is 1670 g/mol. The minimum atomic E-state index is -0.963. The molecular weight excluding hydrogens is 1510 g/mol. The topological polar surface area (TPSA) is 136 Å². The van der Waals surface area contributed by atoms with Gasteiger partial charge in [-0.15, -0.1) is 0 Å². The SMILES string of the molecule is CC(N)C(=O)O.CC1CC(C)C2C3CC4CC5CC6CCC7CCC8CCC9CC%10CC%11CC%12CC%13CC%14CC%15CC%16CC%17CC%18CCCC%19C%20CCCC%21CC%22CC%23CC%24C1C1CC2C2C%25C3C3C4C4C5C5C6C7C8C9C5C%10C4C%11C3C%12C%25C%13C3C%14C4C%15C5C%16C6C%17C(C%18%19)C(C%21%20)C%22C6C%23C5C%24C4C1C23.CC=O.CCCSC.Cc1ccccc1O.[3H]N. The van der Waals surface area contributed by atoms with E-state index in [0.717, 1.165) is 94.7 Å². The summed E-state index contributed by atoms with van der Waals surface area (Å²) in [7, 11) is 0. The largest absolute Gasteiger partial charge is 0.508 e. The predicted molar refractivity (Wildman–Crippen MR) is 482 cm³/mol. The highest BCUT2D eigenvalue weighted by atomic mass is 32.2. The van der Waals surface area contributed by atoms with Gasteiger partial charge in [-0.05, 0) is 614 Å². The van der Waals surface area contributed by atoms with Gasteiger partial charge in [0.2, 0.25) is 0 Å². The second-order valence-corrected chi connectivity index (χ2v) is 56.6. The molecular formula is C115H164N2O4S. The van der Waals surface area contributed by atoms with Crippen LogP contribution in [-0.2, 0) is 9.59 Å². The molecule has 7 N–H and O–H groups in total. The van der Waals surface area contributed by atoms with E-state index in [9.17, 15) is 4.79 Å². The molecule has 0 aliphatic heterocycles. The molecule has 1 aromatic rings. The summed E-state index contributed by atoms with van der Waals surface area (Å²) in [5, 5.41) is 16.8. The number of carboxylic acid groups (broad SMARTS) is 1. The number of nitrogens with two attached hydrogens (primary N) is 1. The average Bonchev–Trinajstić information content (AvgIpc) is 0.627. The zero-order valence-electron chi connectivity index (χ0n) is 77.4. The fourth-order valence-electron chi connectivity index (χ4n) is 57.3. The Labute approximate surface area is 742 Å². The van der Waals surface area contributed by atoms with Crippen molar-refractivity contribution in [1.82, 2.24) is 6.14 Å². The molecule has 0 heterocycles. The minimum absolute atomic E-state index is 0.368. The number of rotatable bonds is 3. The number of phenolic OH excluding ortho intramolecular Hbond substituents is 1. The third-order valence-corrected chi connectivity index (χ3v) is 55.9. The zero-order valence-corrected chi connectivity index (χ0v) is 77.2. The summed E-state index contributed by atoms with van der Waals surface area (Å²) in [6.45, 7) is 13.2. The number of fused-ring (bicyclic) bond motifs is 3. The molecule has 69 atom stereocenters. The van der Waals surface area contributed by atoms with Crippen LogP contribution in [-0.4, -0.2) is 40.5 Å². The molecule has 0 aromatic heterocycles. The van der Waals surface area contributed by atoms with Gasteiger partial charge in [-0.25, -0.2) is 0 Å². The van der Waals surface area contributed by atoms with Crippen LogP contribution in [0.3, 0.4) is 0 Å². The van der Waals surface area contributed by atoms with E-state index in [1.165, 1.54) is 346 Å². The van der Waals surface area contributed by atoms with E-state index in [2.05, 4.69) is 33.2 Å². The summed E-state index contributed by atoms with van der Waals surface area (Å²) in [6.07, 6.45) is 58.8. The summed E-state index contributed by atoms with van der Waals surface area (Å²) in [5.74, 6) is 81.7. The number of benzene rings is 1. The van der Waals surface area contributed by atoms with Crippen molar-refractivity contribution in [2.45, 2.75) is 240 Å². The Balaban J connectivity index is 0.000000278. The number of para-hydroxylation sites is 1. The van der Waals surface area contributed by atoms with Gasteiger partial charge in [0.05, 0.1) is 0 Å². The lowest BCUT2D eigenvalue weighted by atomic mass is 9.17. The maximum atomic E-state index is 9.57. The smallest absolute Gasteiger partial charge is 0.320 e. The molecule has 34 aliphatic rings. The Bertz CT molecular complexity index is 4370. The molecule has 34 fully saturated rings. The van der Waals surface area contributed by atoms with Crippen molar-refractivity contribution >= 4 is 24.0 Å². The van der Waals surface area contributed by atoms with Crippen molar-refractivity contribution in [1.29, 1.82) is 0 Å². The summed E-state index contributed by atoms with van der Waals surface area (Å²) >= 11 is 1.90. The summed E-state index contributed by atoms with van der Waals surface area (Å²) < 4.78 is 5.25. The van der Waals surface area contributed by atoms with Gasteiger partial charge in [0.1, 0.15) is 19.5 Å². The van der Waals surface area contributed by atoms with Crippen molar-refractivity contribution in [3.63, 3.8) is 0 Å². The van der Waals surface area contributed by atoms with Gasteiger partial charge in [0, 0.05) is 0 Å². The zero-order chi connectivity index (χ0) is 81.7. The first-order valence-corrected chi connectivity index (χ1v) is 57.2. The Kier molecular flexibility index (Phi) is 16.5. The lowest BCUT2D eigenvalue weighted by molar-refractivity contribution is -0.406. The molecule has 6 nitrogen and oxygen atoms in total. The van der Waals surface area contributed by atoms with Crippen molar-refractivity contribution in [2.24, 2.45) is 408 Å². The van der Waals surface area contributed by atoms with Crippen LogP contribution in [0.25, 0.3) is 0 Å². The molecule has 7 heteroatoms. The summed E-state index contributed by atoms with van der Waals surface area (Å²) in [6, 6.07) is 6.52. The van der Waals surface area contributed by atoms with Crippen molar-refractivity contribution in [3.8, 4) is 5.75 Å². The Morgan fingerprint density at radius 1 is 0.361 bits per heavy atom. The first-order chi connectivity index (χ1) is 60.2. The molecule has 122 heavy (non-hydrogen) atoms. The highest BCUT2D eigenvalue weighted by Gasteiger charge is 2.89. The van der Waals surface area contributed by atoms with E-state index in [1.807, 2.05) is 94.7 Å². The van der Waals surface area contributed by atoms with Gasteiger partial charge in [0.15, 0.2) is 0 Å². The normalized spacial score (nSPS) is 67.7. The molecule has 34 aliphatic carbocycles. The monoisotopic (exact) mass is 1670 g/mol. The number of carbonyl (C=O) groups excluding carboxylic acids is 1. The number of carboxylic acids is 1. The molecule has 0 spiro atoms. The van der Waals surface area contributed by atoms with Gasteiger partial charge in [-0.2, -0.15) is 11.8 Å². The number of aryl methyl sites for hydroxylation is 1. The third-order valence-electron chi connectivity index (χ3n) is 55.1. The molecule has 2 bridgehead atoms. The van der Waals surface area contributed by atoms with Gasteiger partial charge >= 0.3 is 5.97 Å². The summed E-state index contributed by atoms with van der Waals surface area (Å²) in [5.41, 5.74) is 5.76. The van der Waals surface area contributed by atoms with Crippen LogP contribution >= 0.6 is 11.8 Å². The lowest BCUT2D eigenvalue weighted by Crippen LogP contribution is -2.83. The van der Waals surface area contributed by atoms with E-state index >= 15 is 0 Å². The van der Waals surface area contributed by atoms with Crippen molar-refractivity contribution in [2.75, 3.05) is 12.0 Å². The van der Waals surface area contributed by atoms with Crippen molar-refractivity contribution in [3.05, 3.63) is 29.8 Å². The highest BCUT2D eigenvalue weighted by Crippen LogP contribution is 2.94. The number of thioether (sulfide) groups is 1. The number of aromatic hydroxyl groups is 1. The first kappa shape index (κ1) is 75.9. The number of aldehydes is 1. The molecule has 0 radical (unpaired) electrons. The number of hydrogen-bond donors (Lipinski definition) is 4. The lowest BCUT2D eigenvalue weighted by Gasteiger charge is -2.88. The number of aliphatic carboxylic acids is 1. The Hall–Kier alpha value is -1.57. The summed E-state index contributed by atoms with van der Waals surface area (Å²) in [4.78, 5) is 18.4. The quantitative estimate of drug-likeness (QED) is 0.221. The molecule has 35 rings (SSSR count). The van der Waals surface area contributed by atoms with Crippen LogP contribution < -0.4 is 11.9 Å². The van der Waals surface area contributed by atoms with E-state index in [0.29, 0.717) is 5.75 Å². The second-order valence-electron chi connectivity index (χ2n) is 55.6. The second kappa shape index (κ2) is 26.5. The van der Waals surface area contributed by atoms with Gasteiger partial charge in [-0.1, -0.05) is 64.7 Å². The maximum Gasteiger partial charge on any atom is 0.320 e. The molecule has 69 unspecified atom stereocenters. The van der Waals surface area contributed by atoms with Crippen molar-refractivity contribution < 1.29 is 21.2 Å². The van der Waals surface area contributed by atoms with Crippen LogP contribution in [0.1, 0.15) is 233 Å². The first-order valence-electron chi connectivity index (χ1n) is 56.4. The maximum absolute atomic E-state index is 9.57. The molecule has 1 aromatic carbocycles. The molecule has 0 amide bonds. The van der Waals surface area contributed by atoms with Gasteiger partial charge < -0.3 is 26.9 Å². The number of hydrogen-bond acceptors (Lipinski definition) is 6. The highest BCUT2D eigenvalue weighted by molar-refractivity contribution is 7.98. The van der Waals surface area contributed by atoms with E-state index in [4.69, 9.17) is 22.2 Å².